The number of carbonyl (C=O) groups is 2. The monoisotopic (exact) mass is 141 g/mol. The molecule has 55 valence electrons. The van der Waals surface area contributed by atoms with Crippen molar-refractivity contribution in [1.29, 1.82) is 0 Å². The summed E-state index contributed by atoms with van der Waals surface area (Å²) in [7, 11) is 0. The minimum atomic E-state index is -0.403. The van der Waals surface area contributed by atoms with Crippen LogP contribution >= 0.6 is 0 Å². The zero-order valence-electron chi connectivity index (χ0n) is 5.79. The molecule has 3 nitrogen and oxygen atoms in total. The summed E-state index contributed by atoms with van der Waals surface area (Å²) in [5.74, 6) is -1.08. The molecule has 0 aromatic carbocycles. The second kappa shape index (κ2) is 2.82. The van der Waals surface area contributed by atoms with Gasteiger partial charge in [-0.3, -0.25) is 9.59 Å². The Labute approximate surface area is 59.4 Å². The number of cyclic esters (lactones) is 2. The summed E-state index contributed by atoms with van der Waals surface area (Å²) in [6.45, 7) is 1.93. The van der Waals surface area contributed by atoms with E-state index in [1.54, 1.807) is 6.42 Å². The maximum Gasteiger partial charge on any atom is 0.317 e. The molecule has 1 unspecified atom stereocenters. The van der Waals surface area contributed by atoms with Crippen LogP contribution in [0.15, 0.2) is 0 Å². The van der Waals surface area contributed by atoms with Crippen LogP contribution in [0.1, 0.15) is 19.8 Å². The van der Waals surface area contributed by atoms with Crippen molar-refractivity contribution in [3.63, 3.8) is 0 Å². The maximum absolute atomic E-state index is 10.7. The number of esters is 2. The van der Waals surface area contributed by atoms with Crippen LogP contribution in [-0.2, 0) is 14.3 Å². The van der Waals surface area contributed by atoms with E-state index >= 15 is 0 Å². The van der Waals surface area contributed by atoms with Gasteiger partial charge in [0.05, 0.1) is 12.3 Å². The Hall–Kier alpha value is -0.860. The van der Waals surface area contributed by atoms with Crippen molar-refractivity contribution < 1.29 is 14.3 Å². The third kappa shape index (κ3) is 1.35. The van der Waals surface area contributed by atoms with Gasteiger partial charge >= 0.3 is 11.9 Å². The van der Waals surface area contributed by atoms with Crippen LogP contribution in [0.3, 0.4) is 0 Å². The van der Waals surface area contributed by atoms with Gasteiger partial charge in [-0.15, -0.1) is 0 Å². The average molecular weight is 141 g/mol. The first-order valence-corrected chi connectivity index (χ1v) is 3.32. The van der Waals surface area contributed by atoms with Gasteiger partial charge < -0.3 is 4.74 Å². The van der Waals surface area contributed by atoms with E-state index in [1.807, 2.05) is 6.92 Å². The van der Waals surface area contributed by atoms with Crippen LogP contribution in [-0.4, -0.2) is 11.9 Å². The highest BCUT2D eigenvalue weighted by atomic mass is 16.6. The highest BCUT2D eigenvalue weighted by molar-refractivity contribution is 5.95. The zero-order chi connectivity index (χ0) is 7.56. The van der Waals surface area contributed by atoms with E-state index in [2.05, 4.69) is 4.74 Å². The fraction of sp³-hybridized carbons (Fsp3) is 0.571. The molecule has 0 aliphatic carbocycles. The van der Waals surface area contributed by atoms with Gasteiger partial charge in [0.25, 0.3) is 0 Å². The molecule has 0 amide bonds. The smallest absolute Gasteiger partial charge is 0.317 e. The maximum atomic E-state index is 10.7. The molecule has 1 aliphatic rings. The molecule has 1 atom stereocenters. The molecule has 0 spiro atoms. The van der Waals surface area contributed by atoms with E-state index in [-0.39, 0.29) is 12.3 Å². The SMILES string of the molecule is CC[CH]C1CC(=O)OC1=O. The molecule has 3 heteroatoms. The highest BCUT2D eigenvalue weighted by Crippen LogP contribution is 2.19. The van der Waals surface area contributed by atoms with Gasteiger partial charge in [0.2, 0.25) is 0 Å². The van der Waals surface area contributed by atoms with Gasteiger partial charge in [0.15, 0.2) is 0 Å². The largest absolute Gasteiger partial charge is 0.393 e. The van der Waals surface area contributed by atoms with E-state index in [1.165, 1.54) is 0 Å². The van der Waals surface area contributed by atoms with Gasteiger partial charge in [-0.1, -0.05) is 13.3 Å². The Balaban J connectivity index is 2.46. The van der Waals surface area contributed by atoms with Gasteiger partial charge in [-0.2, -0.15) is 0 Å². The number of hydrogen-bond donors (Lipinski definition) is 0. The minimum Gasteiger partial charge on any atom is -0.393 e. The van der Waals surface area contributed by atoms with Gasteiger partial charge in [0.1, 0.15) is 0 Å². The lowest BCUT2D eigenvalue weighted by Crippen LogP contribution is -2.06. The molecule has 1 fully saturated rings. The molecule has 10 heavy (non-hydrogen) atoms. The van der Waals surface area contributed by atoms with Crippen molar-refractivity contribution in [1.82, 2.24) is 0 Å². The number of rotatable bonds is 2. The van der Waals surface area contributed by atoms with Crippen molar-refractivity contribution in [3.05, 3.63) is 6.42 Å². The molecule has 1 aliphatic heterocycles. The number of hydrogen-bond acceptors (Lipinski definition) is 3. The van der Waals surface area contributed by atoms with E-state index in [4.69, 9.17) is 0 Å². The van der Waals surface area contributed by atoms with Crippen molar-refractivity contribution in [2.24, 2.45) is 5.92 Å². The Bertz CT molecular complexity index is 162. The summed E-state index contributed by atoms with van der Waals surface area (Å²) in [4.78, 5) is 21.2. The molecule has 1 rings (SSSR count). The third-order valence-corrected chi connectivity index (χ3v) is 1.42. The van der Waals surface area contributed by atoms with E-state index in [0.29, 0.717) is 0 Å². The summed E-state index contributed by atoms with van der Waals surface area (Å²) < 4.78 is 4.32. The Morgan fingerprint density at radius 1 is 1.70 bits per heavy atom. The molecule has 1 radical (unpaired) electrons. The lowest BCUT2D eigenvalue weighted by molar-refractivity contribution is -0.152. The van der Waals surface area contributed by atoms with Crippen LogP contribution in [0, 0.1) is 12.3 Å². The fourth-order valence-corrected chi connectivity index (χ4v) is 0.957. The third-order valence-electron chi connectivity index (χ3n) is 1.42. The molecule has 0 bridgehead atoms. The molecular formula is C7H9O3. The lowest BCUT2D eigenvalue weighted by atomic mass is 10.0. The molecule has 0 aromatic heterocycles. The first-order chi connectivity index (χ1) is 4.74. The van der Waals surface area contributed by atoms with Crippen LogP contribution in [0.25, 0.3) is 0 Å². The Morgan fingerprint density at radius 3 is 2.80 bits per heavy atom. The summed E-state index contributed by atoms with van der Waals surface area (Å²) in [5, 5.41) is 0. The van der Waals surface area contributed by atoms with Crippen molar-refractivity contribution in [3.8, 4) is 0 Å². The van der Waals surface area contributed by atoms with Crippen LogP contribution in [0.4, 0.5) is 0 Å². The standard InChI is InChI=1S/C7H9O3/c1-2-3-5-4-6(8)10-7(5)9/h3,5H,2,4H2,1H3. The van der Waals surface area contributed by atoms with Crippen LogP contribution in [0.2, 0.25) is 0 Å². The summed E-state index contributed by atoms with van der Waals surface area (Å²) in [5.41, 5.74) is 0. The van der Waals surface area contributed by atoms with E-state index in [0.717, 1.165) is 6.42 Å². The molecule has 1 saturated heterocycles. The van der Waals surface area contributed by atoms with E-state index < -0.39 is 11.9 Å². The normalized spacial score (nSPS) is 25.1. The minimum absolute atomic E-state index is 0.229. The van der Waals surface area contributed by atoms with Crippen molar-refractivity contribution >= 4 is 11.9 Å². The topological polar surface area (TPSA) is 43.4 Å². The summed E-state index contributed by atoms with van der Waals surface area (Å²) >= 11 is 0. The van der Waals surface area contributed by atoms with Gasteiger partial charge in [0, 0.05) is 0 Å². The predicted octanol–water partition coefficient (Wildman–Crippen LogP) is 0.690. The molecule has 0 aromatic rings. The highest BCUT2D eigenvalue weighted by Gasteiger charge is 2.32. The van der Waals surface area contributed by atoms with Gasteiger partial charge in [-0.05, 0) is 6.42 Å². The quantitative estimate of drug-likeness (QED) is 0.419. The first-order valence-electron chi connectivity index (χ1n) is 3.32. The molecule has 0 saturated carbocycles. The Kier molecular flexibility index (Phi) is 2.04. The molecular weight excluding hydrogens is 132 g/mol. The predicted molar refractivity (Wildman–Crippen MR) is 33.8 cm³/mol. The second-order valence-electron chi connectivity index (χ2n) is 2.25. The number of carbonyl (C=O) groups excluding carboxylic acids is 2. The van der Waals surface area contributed by atoms with Crippen LogP contribution in [0.5, 0.6) is 0 Å². The molecule has 1 heterocycles. The first kappa shape index (κ1) is 7.25. The van der Waals surface area contributed by atoms with Crippen molar-refractivity contribution in [2.45, 2.75) is 19.8 Å². The zero-order valence-corrected chi connectivity index (χ0v) is 5.79. The Morgan fingerprint density at radius 2 is 2.40 bits per heavy atom. The molecule has 0 N–H and O–H groups in total. The lowest BCUT2D eigenvalue weighted by Gasteiger charge is -1.97. The second-order valence-corrected chi connectivity index (χ2v) is 2.25. The fourth-order valence-electron chi connectivity index (χ4n) is 0.957. The summed E-state index contributed by atoms with van der Waals surface area (Å²) in [6, 6.07) is 0. The van der Waals surface area contributed by atoms with Crippen molar-refractivity contribution in [2.75, 3.05) is 0 Å². The van der Waals surface area contributed by atoms with Crippen LogP contribution < -0.4 is 0 Å². The summed E-state index contributed by atoms with van der Waals surface area (Å²) in [6.07, 6.45) is 2.83. The average Bonchev–Trinajstić information content (AvgIpc) is 2.13. The van der Waals surface area contributed by atoms with E-state index in [9.17, 15) is 9.59 Å². The number of ether oxygens (including phenoxy) is 1. The van der Waals surface area contributed by atoms with Gasteiger partial charge in [-0.25, -0.2) is 0 Å².